The number of ether oxygens (including phenoxy) is 1. The Morgan fingerprint density at radius 3 is 2.59 bits per heavy atom. The number of aromatic nitrogens is 2. The quantitative estimate of drug-likeness (QED) is 0.894. The largest absolute Gasteiger partial charge is 0.494 e. The second kappa shape index (κ2) is 7.25. The van der Waals surface area contributed by atoms with Gasteiger partial charge in [-0.1, -0.05) is 19.3 Å². The number of benzene rings is 1. The first-order valence-corrected chi connectivity index (χ1v) is 8.18. The van der Waals surface area contributed by atoms with Gasteiger partial charge in [0.25, 0.3) is 0 Å². The molecule has 0 bridgehead atoms. The van der Waals surface area contributed by atoms with Crippen LogP contribution in [-0.4, -0.2) is 22.6 Å². The average molecular weight is 297 g/mol. The normalized spacial score (nSPS) is 15.5. The topological polar surface area (TPSA) is 47.0 Å². The molecule has 4 nitrogen and oxygen atoms in total. The van der Waals surface area contributed by atoms with Gasteiger partial charge in [0, 0.05) is 17.8 Å². The Bertz CT molecular complexity index is 592. The third-order valence-electron chi connectivity index (χ3n) is 4.06. The summed E-state index contributed by atoms with van der Waals surface area (Å²) < 4.78 is 5.48. The fourth-order valence-electron chi connectivity index (χ4n) is 2.91. The zero-order chi connectivity index (χ0) is 15.2. The molecule has 1 aliphatic rings. The first-order valence-electron chi connectivity index (χ1n) is 8.18. The number of hydrogen-bond donors (Lipinski definition) is 1. The van der Waals surface area contributed by atoms with Crippen LogP contribution in [0.2, 0.25) is 0 Å². The van der Waals surface area contributed by atoms with E-state index < -0.39 is 0 Å². The monoisotopic (exact) mass is 297 g/mol. The van der Waals surface area contributed by atoms with Crippen molar-refractivity contribution in [2.45, 2.75) is 45.1 Å². The Labute approximate surface area is 132 Å². The molecule has 22 heavy (non-hydrogen) atoms. The Morgan fingerprint density at radius 1 is 1.09 bits per heavy atom. The maximum absolute atomic E-state index is 5.48. The van der Waals surface area contributed by atoms with E-state index in [1.54, 1.807) is 0 Å². The molecule has 1 fully saturated rings. The molecule has 1 N–H and O–H groups in total. The Hall–Kier alpha value is -2.10. The molecule has 1 aromatic heterocycles. The van der Waals surface area contributed by atoms with Crippen molar-refractivity contribution in [2.24, 2.45) is 0 Å². The zero-order valence-electron chi connectivity index (χ0n) is 13.1. The van der Waals surface area contributed by atoms with Crippen LogP contribution >= 0.6 is 0 Å². The zero-order valence-corrected chi connectivity index (χ0v) is 13.1. The summed E-state index contributed by atoms with van der Waals surface area (Å²) in [6, 6.07) is 10.5. The summed E-state index contributed by atoms with van der Waals surface area (Å²) in [7, 11) is 0. The lowest BCUT2D eigenvalue weighted by Gasteiger charge is -2.22. The highest BCUT2D eigenvalue weighted by molar-refractivity contribution is 5.61. The van der Waals surface area contributed by atoms with Crippen molar-refractivity contribution in [3.8, 4) is 17.0 Å². The van der Waals surface area contributed by atoms with Crippen LogP contribution in [0, 0.1) is 0 Å². The van der Waals surface area contributed by atoms with E-state index in [9.17, 15) is 0 Å². The van der Waals surface area contributed by atoms with Crippen molar-refractivity contribution in [2.75, 3.05) is 11.9 Å². The van der Waals surface area contributed by atoms with Gasteiger partial charge in [0.05, 0.1) is 12.3 Å². The molecule has 0 unspecified atom stereocenters. The van der Waals surface area contributed by atoms with Crippen LogP contribution in [0.15, 0.2) is 36.5 Å². The molecule has 1 aromatic carbocycles. The minimum absolute atomic E-state index is 0.518. The third-order valence-corrected chi connectivity index (χ3v) is 4.06. The van der Waals surface area contributed by atoms with E-state index in [1.807, 2.05) is 43.5 Å². The lowest BCUT2D eigenvalue weighted by molar-refractivity contribution is 0.340. The summed E-state index contributed by atoms with van der Waals surface area (Å²) in [5.74, 6) is 1.62. The van der Waals surface area contributed by atoms with Crippen molar-refractivity contribution in [1.29, 1.82) is 0 Å². The summed E-state index contributed by atoms with van der Waals surface area (Å²) in [6.45, 7) is 2.67. The van der Waals surface area contributed by atoms with Crippen molar-refractivity contribution in [3.05, 3.63) is 36.5 Å². The molecule has 116 valence electrons. The molecular weight excluding hydrogens is 274 g/mol. The highest BCUT2D eigenvalue weighted by Crippen LogP contribution is 2.23. The smallest absolute Gasteiger partial charge is 0.223 e. The minimum Gasteiger partial charge on any atom is -0.494 e. The van der Waals surface area contributed by atoms with Gasteiger partial charge in [-0.15, -0.1) is 0 Å². The van der Waals surface area contributed by atoms with Crippen LogP contribution in [0.5, 0.6) is 5.75 Å². The van der Waals surface area contributed by atoms with Gasteiger partial charge >= 0.3 is 0 Å². The van der Waals surface area contributed by atoms with Crippen molar-refractivity contribution >= 4 is 5.95 Å². The predicted octanol–water partition coefficient (Wildman–Crippen LogP) is 4.29. The first kappa shape index (κ1) is 14.8. The highest BCUT2D eigenvalue weighted by Gasteiger charge is 2.14. The standard InChI is InChI=1S/C18H23N3O/c1-2-22-16-10-8-14(9-11-16)17-12-13-19-18(21-17)20-15-6-4-3-5-7-15/h8-13,15H,2-7H2,1H3,(H,19,20,21). The summed E-state index contributed by atoms with van der Waals surface area (Å²) in [5.41, 5.74) is 2.02. The van der Waals surface area contributed by atoms with Crippen molar-refractivity contribution in [3.63, 3.8) is 0 Å². The third kappa shape index (κ3) is 3.75. The minimum atomic E-state index is 0.518. The second-order valence-corrected chi connectivity index (χ2v) is 5.70. The molecule has 1 heterocycles. The van der Waals surface area contributed by atoms with Crippen LogP contribution < -0.4 is 10.1 Å². The first-order chi connectivity index (χ1) is 10.8. The lowest BCUT2D eigenvalue weighted by Crippen LogP contribution is -2.23. The predicted molar refractivity (Wildman–Crippen MR) is 89.1 cm³/mol. The van der Waals surface area contributed by atoms with Gasteiger partial charge in [-0.05, 0) is 50.1 Å². The number of nitrogens with zero attached hydrogens (tertiary/aromatic N) is 2. The van der Waals surface area contributed by atoms with Gasteiger partial charge in [-0.2, -0.15) is 0 Å². The molecule has 1 saturated carbocycles. The Kier molecular flexibility index (Phi) is 4.88. The van der Waals surface area contributed by atoms with E-state index in [-0.39, 0.29) is 0 Å². The van der Waals surface area contributed by atoms with E-state index in [0.717, 1.165) is 23.0 Å². The highest BCUT2D eigenvalue weighted by atomic mass is 16.5. The Morgan fingerprint density at radius 2 is 1.86 bits per heavy atom. The lowest BCUT2D eigenvalue weighted by atomic mass is 9.96. The van der Waals surface area contributed by atoms with Crippen molar-refractivity contribution in [1.82, 2.24) is 9.97 Å². The van der Waals surface area contributed by atoms with E-state index >= 15 is 0 Å². The van der Waals surface area contributed by atoms with Crippen molar-refractivity contribution < 1.29 is 4.74 Å². The maximum Gasteiger partial charge on any atom is 0.223 e. The van der Waals surface area contributed by atoms with Gasteiger partial charge in [-0.25, -0.2) is 9.97 Å². The van der Waals surface area contributed by atoms with Gasteiger partial charge in [0.15, 0.2) is 0 Å². The van der Waals surface area contributed by atoms with Crippen LogP contribution in [0.3, 0.4) is 0 Å². The molecule has 2 aromatic rings. The van der Waals surface area contributed by atoms with E-state index in [0.29, 0.717) is 12.6 Å². The fourth-order valence-corrected chi connectivity index (χ4v) is 2.91. The second-order valence-electron chi connectivity index (χ2n) is 5.70. The fraction of sp³-hybridized carbons (Fsp3) is 0.444. The van der Waals surface area contributed by atoms with Crippen LogP contribution in [-0.2, 0) is 0 Å². The molecule has 3 rings (SSSR count). The van der Waals surface area contributed by atoms with E-state index in [2.05, 4.69) is 15.3 Å². The molecular formula is C18H23N3O. The molecule has 1 aliphatic carbocycles. The van der Waals surface area contributed by atoms with Gasteiger partial charge in [0.2, 0.25) is 5.95 Å². The summed E-state index contributed by atoms with van der Waals surface area (Å²) in [5, 5.41) is 3.48. The maximum atomic E-state index is 5.48. The van der Waals surface area contributed by atoms with Crippen LogP contribution in [0.25, 0.3) is 11.3 Å². The molecule has 4 heteroatoms. The molecule has 0 amide bonds. The number of hydrogen-bond acceptors (Lipinski definition) is 4. The van der Waals surface area contributed by atoms with Crippen LogP contribution in [0.4, 0.5) is 5.95 Å². The SMILES string of the molecule is CCOc1ccc(-c2ccnc(NC3CCCCC3)n2)cc1. The summed E-state index contributed by atoms with van der Waals surface area (Å²) in [6.07, 6.45) is 8.22. The summed E-state index contributed by atoms with van der Waals surface area (Å²) >= 11 is 0. The molecule has 0 atom stereocenters. The number of anilines is 1. The van der Waals surface area contributed by atoms with Crippen LogP contribution in [0.1, 0.15) is 39.0 Å². The molecule has 0 spiro atoms. The molecule has 0 aliphatic heterocycles. The number of nitrogens with one attached hydrogen (secondary N) is 1. The average Bonchev–Trinajstić information content (AvgIpc) is 2.57. The molecule has 0 saturated heterocycles. The number of rotatable bonds is 5. The van der Waals surface area contributed by atoms with Gasteiger partial charge < -0.3 is 10.1 Å². The Balaban J connectivity index is 1.72. The van der Waals surface area contributed by atoms with Gasteiger partial charge in [-0.3, -0.25) is 0 Å². The van der Waals surface area contributed by atoms with E-state index in [4.69, 9.17) is 4.74 Å². The molecule has 0 radical (unpaired) electrons. The van der Waals surface area contributed by atoms with E-state index in [1.165, 1.54) is 32.1 Å². The summed E-state index contributed by atoms with van der Waals surface area (Å²) in [4.78, 5) is 9.01. The van der Waals surface area contributed by atoms with Gasteiger partial charge in [0.1, 0.15) is 5.75 Å².